The molecule has 0 saturated carbocycles. The van der Waals surface area contributed by atoms with E-state index in [1.54, 1.807) is 0 Å². The van der Waals surface area contributed by atoms with Gasteiger partial charge in [-0.25, -0.2) is 0 Å². The summed E-state index contributed by atoms with van der Waals surface area (Å²) in [5.41, 5.74) is 5.07. The molecule has 20 heavy (non-hydrogen) atoms. The molecule has 0 radical (unpaired) electrons. The normalized spacial score (nSPS) is 12.3. The van der Waals surface area contributed by atoms with Crippen molar-refractivity contribution in [1.82, 2.24) is 10.3 Å². The van der Waals surface area contributed by atoms with Gasteiger partial charge in [0.2, 0.25) is 0 Å². The number of benzene rings is 1. The van der Waals surface area contributed by atoms with E-state index in [4.69, 9.17) is 0 Å². The molecule has 1 atom stereocenters. The topological polar surface area (TPSA) is 24.9 Å². The average Bonchev–Trinajstić information content (AvgIpc) is 2.48. The highest BCUT2D eigenvalue weighted by atomic mass is 14.9. The van der Waals surface area contributed by atoms with Crippen LogP contribution in [0.5, 0.6) is 0 Å². The largest absolute Gasteiger partial charge is 0.305 e. The Morgan fingerprint density at radius 1 is 1.15 bits per heavy atom. The highest BCUT2D eigenvalue weighted by Gasteiger charge is 2.17. The van der Waals surface area contributed by atoms with E-state index in [-0.39, 0.29) is 6.04 Å². The van der Waals surface area contributed by atoms with E-state index in [2.05, 4.69) is 61.4 Å². The lowest BCUT2D eigenvalue weighted by Gasteiger charge is -2.21. The van der Waals surface area contributed by atoms with Gasteiger partial charge in [0.05, 0.1) is 11.7 Å². The zero-order valence-corrected chi connectivity index (χ0v) is 12.7. The van der Waals surface area contributed by atoms with E-state index in [9.17, 15) is 0 Å². The van der Waals surface area contributed by atoms with Crippen LogP contribution in [0.1, 0.15) is 48.7 Å². The van der Waals surface area contributed by atoms with Gasteiger partial charge >= 0.3 is 0 Å². The van der Waals surface area contributed by atoms with Crippen LogP contribution in [0.25, 0.3) is 0 Å². The first-order chi connectivity index (χ1) is 9.76. The van der Waals surface area contributed by atoms with E-state index in [1.165, 1.54) is 16.7 Å². The maximum Gasteiger partial charge on any atom is 0.0754 e. The second kappa shape index (κ2) is 7.20. The molecule has 2 heteroatoms. The Labute approximate surface area is 122 Å². The summed E-state index contributed by atoms with van der Waals surface area (Å²) < 4.78 is 0. The quantitative estimate of drug-likeness (QED) is 0.855. The molecule has 1 aromatic carbocycles. The van der Waals surface area contributed by atoms with Crippen LogP contribution in [0, 0.1) is 6.92 Å². The third-order valence-electron chi connectivity index (χ3n) is 3.55. The van der Waals surface area contributed by atoms with Crippen LogP contribution >= 0.6 is 0 Å². The summed E-state index contributed by atoms with van der Waals surface area (Å²) in [5, 5.41) is 3.64. The molecule has 1 N–H and O–H groups in total. The van der Waals surface area contributed by atoms with Gasteiger partial charge in [-0.05, 0) is 43.5 Å². The average molecular weight is 268 g/mol. The Kier molecular flexibility index (Phi) is 5.31. The first-order valence-electron chi connectivity index (χ1n) is 7.50. The molecule has 0 aliphatic heterocycles. The van der Waals surface area contributed by atoms with Gasteiger partial charge in [-0.3, -0.25) is 4.98 Å². The lowest BCUT2D eigenvalue weighted by atomic mass is 9.97. The van der Waals surface area contributed by atoms with Gasteiger partial charge in [0.15, 0.2) is 0 Å². The van der Waals surface area contributed by atoms with Crippen molar-refractivity contribution < 1.29 is 0 Å². The summed E-state index contributed by atoms with van der Waals surface area (Å²) in [4.78, 5) is 4.65. The molecule has 0 aliphatic carbocycles. The molecule has 1 aromatic heterocycles. The fourth-order valence-corrected chi connectivity index (χ4v) is 2.52. The molecule has 0 aliphatic rings. The summed E-state index contributed by atoms with van der Waals surface area (Å²) in [6.45, 7) is 7.52. The number of aryl methyl sites for hydroxylation is 2. The summed E-state index contributed by atoms with van der Waals surface area (Å²) in [6.07, 6.45) is 4.03. The van der Waals surface area contributed by atoms with E-state index in [0.29, 0.717) is 0 Å². The maximum absolute atomic E-state index is 4.65. The second-order valence-corrected chi connectivity index (χ2v) is 5.20. The van der Waals surface area contributed by atoms with Gasteiger partial charge < -0.3 is 5.32 Å². The summed E-state index contributed by atoms with van der Waals surface area (Å²) in [7, 11) is 0. The number of hydrogen-bond donors (Lipinski definition) is 1. The fourth-order valence-electron chi connectivity index (χ4n) is 2.52. The maximum atomic E-state index is 4.65. The van der Waals surface area contributed by atoms with Crippen molar-refractivity contribution in [3.8, 4) is 0 Å². The fraction of sp³-hybridized carbons (Fsp3) is 0.389. The molecule has 0 spiro atoms. The predicted octanol–water partition coefficient (Wildman–Crippen LogP) is 4.04. The van der Waals surface area contributed by atoms with Crippen molar-refractivity contribution in [2.24, 2.45) is 0 Å². The van der Waals surface area contributed by atoms with Crippen molar-refractivity contribution in [3.63, 3.8) is 0 Å². The monoisotopic (exact) mass is 268 g/mol. The smallest absolute Gasteiger partial charge is 0.0754 e. The summed E-state index contributed by atoms with van der Waals surface area (Å²) >= 11 is 0. The van der Waals surface area contributed by atoms with Crippen molar-refractivity contribution in [2.45, 2.75) is 39.7 Å². The first-order valence-corrected chi connectivity index (χ1v) is 7.50. The molecule has 0 amide bonds. The molecule has 106 valence electrons. The molecule has 2 rings (SSSR count). The van der Waals surface area contributed by atoms with Gasteiger partial charge in [-0.15, -0.1) is 0 Å². The zero-order chi connectivity index (χ0) is 14.4. The van der Waals surface area contributed by atoms with Gasteiger partial charge in [-0.2, -0.15) is 0 Å². The molecular weight excluding hydrogens is 244 g/mol. The Hall–Kier alpha value is -1.67. The summed E-state index contributed by atoms with van der Waals surface area (Å²) in [6, 6.07) is 13.1. The second-order valence-electron chi connectivity index (χ2n) is 5.20. The number of nitrogens with zero attached hydrogens (tertiary/aromatic N) is 1. The van der Waals surface area contributed by atoms with Gasteiger partial charge in [-0.1, -0.05) is 49.7 Å². The van der Waals surface area contributed by atoms with Crippen molar-refractivity contribution >= 4 is 0 Å². The number of nitrogens with one attached hydrogen (secondary N) is 1. The molecule has 1 heterocycles. The van der Waals surface area contributed by atoms with Crippen LogP contribution < -0.4 is 5.32 Å². The van der Waals surface area contributed by atoms with Gasteiger partial charge in [0.25, 0.3) is 0 Å². The van der Waals surface area contributed by atoms with Crippen molar-refractivity contribution in [1.29, 1.82) is 0 Å². The minimum atomic E-state index is 0.186. The standard InChI is InChI=1S/C18H24N2/c1-4-11-19-18(16-9-6-8-14(3)13-16)17-15(5-2)10-7-12-20-17/h6-10,12-13,18-19H,4-5,11H2,1-3H3. The highest BCUT2D eigenvalue weighted by Crippen LogP contribution is 2.24. The molecular formula is C18H24N2. The van der Waals surface area contributed by atoms with Gasteiger partial charge in [0.1, 0.15) is 0 Å². The Balaban J connectivity index is 2.41. The third kappa shape index (κ3) is 3.45. The van der Waals surface area contributed by atoms with Crippen molar-refractivity contribution in [3.05, 3.63) is 65.0 Å². The highest BCUT2D eigenvalue weighted by molar-refractivity contribution is 5.34. The molecule has 0 saturated heterocycles. The Bertz CT molecular complexity index is 549. The molecule has 2 nitrogen and oxygen atoms in total. The molecule has 0 fully saturated rings. The zero-order valence-electron chi connectivity index (χ0n) is 12.7. The van der Waals surface area contributed by atoms with E-state index in [1.807, 2.05) is 12.3 Å². The number of hydrogen-bond acceptors (Lipinski definition) is 2. The number of pyridine rings is 1. The van der Waals surface area contributed by atoms with Crippen LogP contribution in [-0.4, -0.2) is 11.5 Å². The molecule has 1 unspecified atom stereocenters. The Morgan fingerprint density at radius 2 is 2.00 bits per heavy atom. The number of rotatable bonds is 6. The summed E-state index contributed by atoms with van der Waals surface area (Å²) in [5.74, 6) is 0. The van der Waals surface area contributed by atoms with E-state index < -0.39 is 0 Å². The first kappa shape index (κ1) is 14.7. The van der Waals surface area contributed by atoms with Gasteiger partial charge in [0, 0.05) is 6.20 Å². The van der Waals surface area contributed by atoms with Crippen LogP contribution in [-0.2, 0) is 6.42 Å². The lowest BCUT2D eigenvalue weighted by Crippen LogP contribution is -2.25. The van der Waals surface area contributed by atoms with E-state index >= 15 is 0 Å². The SMILES string of the molecule is CCCNC(c1cccc(C)c1)c1ncccc1CC. The third-order valence-corrected chi connectivity index (χ3v) is 3.55. The lowest BCUT2D eigenvalue weighted by molar-refractivity contribution is 0.581. The molecule has 2 aromatic rings. The van der Waals surface area contributed by atoms with E-state index in [0.717, 1.165) is 25.1 Å². The Morgan fingerprint density at radius 3 is 2.70 bits per heavy atom. The van der Waals surface area contributed by atoms with Crippen LogP contribution in [0.3, 0.4) is 0 Å². The van der Waals surface area contributed by atoms with Crippen LogP contribution in [0.4, 0.5) is 0 Å². The minimum Gasteiger partial charge on any atom is -0.305 e. The van der Waals surface area contributed by atoms with Crippen LogP contribution in [0.2, 0.25) is 0 Å². The van der Waals surface area contributed by atoms with Crippen molar-refractivity contribution in [2.75, 3.05) is 6.54 Å². The van der Waals surface area contributed by atoms with Crippen LogP contribution in [0.15, 0.2) is 42.6 Å². The predicted molar refractivity (Wildman–Crippen MR) is 84.9 cm³/mol. The number of aromatic nitrogens is 1. The minimum absolute atomic E-state index is 0.186. The molecule has 0 bridgehead atoms.